The Kier molecular flexibility index (Phi) is 9.54. The van der Waals surface area contributed by atoms with Gasteiger partial charge in [0.25, 0.3) is 0 Å². The molecule has 0 aliphatic carbocycles. The topological polar surface area (TPSA) is 34.1 Å². The van der Waals surface area contributed by atoms with Gasteiger partial charge in [-0.2, -0.15) is 0 Å². The summed E-state index contributed by atoms with van der Waals surface area (Å²) in [7, 11) is 0. The highest BCUT2D eigenvalue weighted by molar-refractivity contribution is 5.99. The Bertz CT molecular complexity index is 676. The van der Waals surface area contributed by atoms with Gasteiger partial charge >= 0.3 is 0 Å². The van der Waals surface area contributed by atoms with Crippen molar-refractivity contribution in [2.75, 3.05) is 0 Å². The van der Waals surface area contributed by atoms with Crippen molar-refractivity contribution in [1.82, 2.24) is 0 Å². The Morgan fingerprint density at radius 1 is 0.815 bits per heavy atom. The molecular weight excluding hydrogens is 332 g/mol. The van der Waals surface area contributed by atoms with Crippen LogP contribution in [0.4, 0.5) is 0 Å². The van der Waals surface area contributed by atoms with Gasteiger partial charge in [-0.3, -0.25) is 9.59 Å². The van der Waals surface area contributed by atoms with Gasteiger partial charge in [-0.1, -0.05) is 80.4 Å². The summed E-state index contributed by atoms with van der Waals surface area (Å²) < 4.78 is 0. The van der Waals surface area contributed by atoms with Crippen LogP contribution >= 0.6 is 0 Å². The molecule has 1 unspecified atom stereocenters. The summed E-state index contributed by atoms with van der Waals surface area (Å²) in [5.74, 6) is 0.389. The van der Waals surface area contributed by atoms with E-state index in [9.17, 15) is 9.59 Å². The molecule has 0 saturated carbocycles. The Labute approximate surface area is 164 Å². The van der Waals surface area contributed by atoms with E-state index in [1.165, 1.54) is 11.1 Å². The Morgan fingerprint density at radius 3 is 2.15 bits per heavy atom. The van der Waals surface area contributed by atoms with Crippen molar-refractivity contribution in [3.05, 3.63) is 71.8 Å². The van der Waals surface area contributed by atoms with Crippen molar-refractivity contribution in [3.63, 3.8) is 0 Å². The molecule has 2 rings (SSSR count). The van der Waals surface area contributed by atoms with E-state index in [-0.39, 0.29) is 23.9 Å². The molecule has 0 spiro atoms. The normalized spacial score (nSPS) is 11.9. The monoisotopic (exact) mass is 364 g/mol. The number of hydrogen-bond donors (Lipinski definition) is 0. The molecule has 0 saturated heterocycles. The minimum Gasteiger partial charge on any atom is -0.299 e. The maximum Gasteiger partial charge on any atom is 0.140 e. The number of rotatable bonds is 13. The molecule has 0 heterocycles. The zero-order valence-corrected chi connectivity index (χ0v) is 16.5. The van der Waals surface area contributed by atoms with Gasteiger partial charge in [0.2, 0.25) is 0 Å². The van der Waals surface area contributed by atoms with E-state index in [4.69, 9.17) is 0 Å². The van der Waals surface area contributed by atoms with Gasteiger partial charge in [-0.15, -0.1) is 0 Å². The van der Waals surface area contributed by atoms with E-state index in [1.54, 1.807) is 0 Å². The Morgan fingerprint density at radius 2 is 1.48 bits per heavy atom. The molecule has 2 aromatic carbocycles. The van der Waals surface area contributed by atoms with Crippen LogP contribution in [-0.4, -0.2) is 11.6 Å². The first-order chi connectivity index (χ1) is 13.2. The second kappa shape index (κ2) is 12.2. The first-order valence-corrected chi connectivity index (χ1v) is 10.3. The predicted octanol–water partition coefficient (Wildman–Crippen LogP) is 6.29. The van der Waals surface area contributed by atoms with Gasteiger partial charge in [-0.05, 0) is 42.7 Å². The lowest BCUT2D eigenvalue weighted by Crippen LogP contribution is -2.12. The third-order valence-electron chi connectivity index (χ3n) is 5.06. The lowest BCUT2D eigenvalue weighted by Gasteiger charge is -2.17. The van der Waals surface area contributed by atoms with E-state index in [0.717, 1.165) is 38.5 Å². The maximum atomic E-state index is 12.5. The van der Waals surface area contributed by atoms with Crippen LogP contribution in [0.15, 0.2) is 60.7 Å². The zero-order chi connectivity index (χ0) is 19.3. The molecule has 0 aromatic heterocycles. The highest BCUT2D eigenvalue weighted by atomic mass is 16.1. The molecule has 1 atom stereocenters. The minimum atomic E-state index is 0.0880. The second-order valence-corrected chi connectivity index (χ2v) is 7.40. The Balaban J connectivity index is 1.88. The summed E-state index contributed by atoms with van der Waals surface area (Å²) in [6, 6.07) is 20.7. The molecule has 0 fully saturated rings. The van der Waals surface area contributed by atoms with Gasteiger partial charge in [-0.25, -0.2) is 0 Å². The number of ketones is 2. The summed E-state index contributed by atoms with van der Waals surface area (Å²) in [6.45, 7) is 2.12. The molecule has 2 heteroatoms. The first-order valence-electron chi connectivity index (χ1n) is 10.3. The summed E-state index contributed by atoms with van der Waals surface area (Å²) in [5.41, 5.74) is 2.54. The Hall–Kier alpha value is -2.22. The number of carbonyl (C=O) groups excluding carboxylic acids is 2. The minimum absolute atomic E-state index is 0.0880. The van der Waals surface area contributed by atoms with E-state index in [0.29, 0.717) is 12.8 Å². The highest BCUT2D eigenvalue weighted by Crippen LogP contribution is 2.26. The standard InChI is InChI=1S/C25H32O2/c1-2-3-6-18-24(26)20-25(27)19-23(22-15-9-5-10-16-22)17-11-14-21-12-7-4-8-13-21/h4-5,7-10,12-13,15-16,23H,2-3,6,11,14,17-20H2,1H3. The van der Waals surface area contributed by atoms with Crippen LogP contribution in [0.5, 0.6) is 0 Å². The summed E-state index contributed by atoms with van der Waals surface area (Å²) in [5, 5.41) is 0. The van der Waals surface area contributed by atoms with Crippen LogP contribution in [0.2, 0.25) is 0 Å². The van der Waals surface area contributed by atoms with Crippen LogP contribution in [0.1, 0.15) is 75.3 Å². The number of aryl methyl sites for hydroxylation is 1. The molecule has 0 radical (unpaired) electrons. The largest absolute Gasteiger partial charge is 0.299 e. The van der Waals surface area contributed by atoms with Crippen LogP contribution in [0.3, 0.4) is 0 Å². The van der Waals surface area contributed by atoms with E-state index < -0.39 is 0 Å². The molecule has 144 valence electrons. The molecule has 0 aliphatic rings. The van der Waals surface area contributed by atoms with E-state index in [1.807, 2.05) is 24.3 Å². The van der Waals surface area contributed by atoms with Gasteiger partial charge < -0.3 is 0 Å². The summed E-state index contributed by atoms with van der Waals surface area (Å²) in [4.78, 5) is 24.5. The molecule has 27 heavy (non-hydrogen) atoms. The fourth-order valence-electron chi connectivity index (χ4n) is 3.54. The van der Waals surface area contributed by atoms with Crippen molar-refractivity contribution < 1.29 is 9.59 Å². The number of carbonyl (C=O) groups is 2. The van der Waals surface area contributed by atoms with Crippen LogP contribution in [0, 0.1) is 0 Å². The maximum absolute atomic E-state index is 12.5. The quantitative estimate of drug-likeness (QED) is 0.309. The van der Waals surface area contributed by atoms with E-state index >= 15 is 0 Å². The zero-order valence-electron chi connectivity index (χ0n) is 16.5. The first kappa shape index (κ1) is 21.1. The van der Waals surface area contributed by atoms with Gasteiger partial charge in [0.1, 0.15) is 11.6 Å². The van der Waals surface area contributed by atoms with Crippen LogP contribution in [0.25, 0.3) is 0 Å². The van der Waals surface area contributed by atoms with Crippen molar-refractivity contribution in [3.8, 4) is 0 Å². The third kappa shape index (κ3) is 8.34. The predicted molar refractivity (Wildman–Crippen MR) is 112 cm³/mol. The summed E-state index contributed by atoms with van der Waals surface area (Å²) in [6.07, 6.45) is 7.21. The molecule has 0 N–H and O–H groups in total. The third-order valence-corrected chi connectivity index (χ3v) is 5.06. The van der Waals surface area contributed by atoms with Gasteiger partial charge in [0, 0.05) is 12.8 Å². The molecule has 2 aromatic rings. The average molecular weight is 365 g/mol. The smallest absolute Gasteiger partial charge is 0.140 e. The highest BCUT2D eigenvalue weighted by Gasteiger charge is 2.18. The molecule has 0 bridgehead atoms. The van der Waals surface area contributed by atoms with Crippen molar-refractivity contribution in [2.45, 2.75) is 70.6 Å². The fraction of sp³-hybridized carbons (Fsp3) is 0.440. The SMILES string of the molecule is CCCCCC(=O)CC(=O)CC(CCCc1ccccc1)c1ccccc1. The fourth-order valence-corrected chi connectivity index (χ4v) is 3.54. The lowest BCUT2D eigenvalue weighted by atomic mass is 9.87. The van der Waals surface area contributed by atoms with Crippen molar-refractivity contribution in [2.24, 2.45) is 0 Å². The number of Topliss-reactive ketones (excluding diaryl/α,β-unsaturated/α-hetero) is 2. The number of unbranched alkanes of at least 4 members (excludes halogenated alkanes) is 2. The molecule has 0 amide bonds. The van der Waals surface area contributed by atoms with Gasteiger partial charge in [0.15, 0.2) is 0 Å². The number of hydrogen-bond acceptors (Lipinski definition) is 2. The van der Waals surface area contributed by atoms with E-state index in [2.05, 4.69) is 43.3 Å². The van der Waals surface area contributed by atoms with Gasteiger partial charge in [0.05, 0.1) is 6.42 Å². The summed E-state index contributed by atoms with van der Waals surface area (Å²) >= 11 is 0. The average Bonchev–Trinajstić information content (AvgIpc) is 2.69. The van der Waals surface area contributed by atoms with Crippen LogP contribution in [-0.2, 0) is 16.0 Å². The molecular formula is C25H32O2. The van der Waals surface area contributed by atoms with Crippen LogP contribution < -0.4 is 0 Å². The van der Waals surface area contributed by atoms with Crippen molar-refractivity contribution in [1.29, 1.82) is 0 Å². The lowest BCUT2D eigenvalue weighted by molar-refractivity contribution is -0.127. The van der Waals surface area contributed by atoms with Crippen molar-refractivity contribution >= 4 is 11.6 Å². The second-order valence-electron chi connectivity index (χ2n) is 7.40. The number of benzene rings is 2. The molecule has 0 aliphatic heterocycles. The molecule has 2 nitrogen and oxygen atoms in total.